The minimum absolute atomic E-state index is 0.0925. The fourth-order valence-corrected chi connectivity index (χ4v) is 1.88. The molecule has 0 amide bonds. The first-order valence-electron chi connectivity index (χ1n) is 6.19. The predicted octanol–water partition coefficient (Wildman–Crippen LogP) is 3.66. The molecule has 0 heterocycles. The van der Waals surface area contributed by atoms with Crippen LogP contribution in [0.25, 0.3) is 0 Å². The summed E-state index contributed by atoms with van der Waals surface area (Å²) in [5.74, 6) is -0.892. The van der Waals surface area contributed by atoms with E-state index in [4.69, 9.17) is 5.73 Å². The van der Waals surface area contributed by atoms with E-state index < -0.39 is 11.6 Å². The molecule has 0 fully saturated rings. The molecule has 0 aliphatic carbocycles. The van der Waals surface area contributed by atoms with Crippen molar-refractivity contribution in [1.29, 1.82) is 0 Å². The maximum atomic E-state index is 13.4. The Kier molecular flexibility index (Phi) is 5.56. The maximum Gasteiger partial charge on any atom is 0.162 e. The highest BCUT2D eigenvalue weighted by Gasteiger charge is 2.11. The van der Waals surface area contributed by atoms with Crippen LogP contribution in [-0.4, -0.2) is 6.04 Å². The summed E-state index contributed by atoms with van der Waals surface area (Å²) in [5, 5.41) is 0. The minimum atomic E-state index is -0.795. The van der Waals surface area contributed by atoms with Crippen LogP contribution in [0.2, 0.25) is 0 Å². The Labute approximate surface area is 102 Å². The van der Waals surface area contributed by atoms with Crippen LogP contribution < -0.4 is 5.73 Å². The quantitative estimate of drug-likeness (QED) is 0.808. The normalized spacial score (nSPS) is 13.1. The van der Waals surface area contributed by atoms with Gasteiger partial charge in [-0.15, -0.1) is 0 Å². The van der Waals surface area contributed by atoms with E-state index in [2.05, 4.69) is 13.8 Å². The van der Waals surface area contributed by atoms with Crippen molar-refractivity contribution >= 4 is 0 Å². The Bertz CT molecular complexity index is 350. The van der Waals surface area contributed by atoms with Gasteiger partial charge in [-0.1, -0.05) is 38.8 Å². The van der Waals surface area contributed by atoms with Crippen LogP contribution in [0.4, 0.5) is 8.78 Å². The molecule has 1 nitrogen and oxygen atoms in total. The number of nitrogens with two attached hydrogens (primary N) is 1. The highest BCUT2D eigenvalue weighted by atomic mass is 19.2. The second-order valence-electron chi connectivity index (χ2n) is 5.00. The first-order chi connectivity index (χ1) is 8.00. The summed E-state index contributed by atoms with van der Waals surface area (Å²) in [6.45, 7) is 4.33. The van der Waals surface area contributed by atoms with Crippen LogP contribution in [0.5, 0.6) is 0 Å². The van der Waals surface area contributed by atoms with Crippen molar-refractivity contribution in [3.05, 3.63) is 35.4 Å². The van der Waals surface area contributed by atoms with Gasteiger partial charge in [0, 0.05) is 6.04 Å². The van der Waals surface area contributed by atoms with Crippen molar-refractivity contribution in [2.45, 2.75) is 45.6 Å². The SMILES string of the molecule is CC(C)CCCC(N)Cc1cccc(F)c1F. The summed E-state index contributed by atoms with van der Waals surface area (Å²) >= 11 is 0. The lowest BCUT2D eigenvalue weighted by molar-refractivity contribution is 0.473. The molecule has 0 saturated heterocycles. The fraction of sp³-hybridized carbons (Fsp3) is 0.571. The van der Waals surface area contributed by atoms with Crippen LogP contribution in [0.15, 0.2) is 18.2 Å². The van der Waals surface area contributed by atoms with E-state index >= 15 is 0 Å². The third-order valence-corrected chi connectivity index (χ3v) is 2.87. The smallest absolute Gasteiger partial charge is 0.162 e. The van der Waals surface area contributed by atoms with Crippen molar-refractivity contribution in [1.82, 2.24) is 0 Å². The average molecular weight is 241 g/mol. The molecule has 0 radical (unpaired) electrons. The first kappa shape index (κ1) is 14.1. The van der Waals surface area contributed by atoms with Crippen LogP contribution in [-0.2, 0) is 6.42 Å². The van der Waals surface area contributed by atoms with E-state index in [1.165, 1.54) is 6.07 Å². The van der Waals surface area contributed by atoms with Gasteiger partial charge in [-0.25, -0.2) is 8.78 Å². The molecule has 0 aromatic heterocycles. The number of hydrogen-bond acceptors (Lipinski definition) is 1. The molecule has 17 heavy (non-hydrogen) atoms. The van der Waals surface area contributed by atoms with Crippen molar-refractivity contribution in [3.63, 3.8) is 0 Å². The molecule has 96 valence electrons. The zero-order valence-electron chi connectivity index (χ0n) is 10.5. The van der Waals surface area contributed by atoms with Gasteiger partial charge >= 0.3 is 0 Å². The van der Waals surface area contributed by atoms with Crippen molar-refractivity contribution < 1.29 is 8.78 Å². The summed E-state index contributed by atoms with van der Waals surface area (Å²) in [4.78, 5) is 0. The third-order valence-electron chi connectivity index (χ3n) is 2.87. The van der Waals surface area contributed by atoms with E-state index in [-0.39, 0.29) is 6.04 Å². The molecule has 0 saturated carbocycles. The topological polar surface area (TPSA) is 26.0 Å². The van der Waals surface area contributed by atoms with Crippen molar-refractivity contribution in [2.24, 2.45) is 11.7 Å². The molecule has 1 atom stereocenters. The van der Waals surface area contributed by atoms with E-state index in [1.54, 1.807) is 6.07 Å². The number of halogens is 2. The lowest BCUT2D eigenvalue weighted by Crippen LogP contribution is -2.23. The standard InChI is InChI=1S/C14H21F2N/c1-10(2)5-3-7-12(17)9-11-6-4-8-13(15)14(11)16/h4,6,8,10,12H,3,5,7,9,17H2,1-2H3. The van der Waals surface area contributed by atoms with Gasteiger partial charge in [-0.05, 0) is 30.4 Å². The Morgan fingerprint density at radius 1 is 1.18 bits per heavy atom. The van der Waals surface area contributed by atoms with Crippen molar-refractivity contribution in [2.75, 3.05) is 0 Å². The zero-order valence-corrected chi connectivity index (χ0v) is 10.5. The molecular weight excluding hydrogens is 220 g/mol. The average Bonchev–Trinajstić information content (AvgIpc) is 2.24. The molecule has 1 rings (SSSR count). The first-order valence-corrected chi connectivity index (χ1v) is 6.19. The molecule has 0 spiro atoms. The number of rotatable bonds is 6. The van der Waals surface area contributed by atoms with Gasteiger partial charge < -0.3 is 5.73 Å². The summed E-state index contributed by atoms with van der Waals surface area (Å²) < 4.78 is 26.4. The largest absolute Gasteiger partial charge is 0.327 e. The summed E-state index contributed by atoms with van der Waals surface area (Å²) in [5.41, 5.74) is 6.30. The molecule has 1 aromatic carbocycles. The van der Waals surface area contributed by atoms with E-state index in [1.807, 2.05) is 0 Å². The Morgan fingerprint density at radius 2 is 1.88 bits per heavy atom. The van der Waals surface area contributed by atoms with Crippen LogP contribution in [0.3, 0.4) is 0 Å². The van der Waals surface area contributed by atoms with Crippen LogP contribution in [0.1, 0.15) is 38.7 Å². The van der Waals surface area contributed by atoms with Gasteiger partial charge in [-0.3, -0.25) is 0 Å². The van der Waals surface area contributed by atoms with Crippen molar-refractivity contribution in [3.8, 4) is 0 Å². The second kappa shape index (κ2) is 6.70. The molecule has 0 aliphatic heterocycles. The Hall–Kier alpha value is -0.960. The van der Waals surface area contributed by atoms with E-state index in [9.17, 15) is 8.78 Å². The molecule has 0 bridgehead atoms. The second-order valence-corrected chi connectivity index (χ2v) is 5.00. The van der Waals surface area contributed by atoms with Crippen LogP contribution >= 0.6 is 0 Å². The summed E-state index contributed by atoms with van der Waals surface area (Å²) in [6, 6.07) is 4.16. The van der Waals surface area contributed by atoms with Gasteiger partial charge in [0.15, 0.2) is 11.6 Å². The Morgan fingerprint density at radius 3 is 2.53 bits per heavy atom. The van der Waals surface area contributed by atoms with E-state index in [0.717, 1.165) is 25.3 Å². The molecule has 3 heteroatoms. The zero-order chi connectivity index (χ0) is 12.8. The minimum Gasteiger partial charge on any atom is -0.327 e. The van der Waals surface area contributed by atoms with Gasteiger partial charge in [0.1, 0.15) is 0 Å². The molecule has 1 aromatic rings. The van der Waals surface area contributed by atoms with Gasteiger partial charge in [0.25, 0.3) is 0 Å². The molecule has 0 aliphatic rings. The van der Waals surface area contributed by atoms with Crippen LogP contribution in [0, 0.1) is 17.6 Å². The maximum absolute atomic E-state index is 13.4. The van der Waals surface area contributed by atoms with E-state index in [0.29, 0.717) is 17.9 Å². The third kappa shape index (κ3) is 4.82. The van der Waals surface area contributed by atoms with Gasteiger partial charge in [-0.2, -0.15) is 0 Å². The number of hydrogen-bond donors (Lipinski definition) is 1. The monoisotopic (exact) mass is 241 g/mol. The lowest BCUT2D eigenvalue weighted by Gasteiger charge is -2.13. The van der Waals surface area contributed by atoms with Gasteiger partial charge in [0.2, 0.25) is 0 Å². The predicted molar refractivity (Wildman–Crippen MR) is 66.7 cm³/mol. The highest BCUT2D eigenvalue weighted by molar-refractivity contribution is 5.19. The van der Waals surface area contributed by atoms with Gasteiger partial charge in [0.05, 0.1) is 0 Å². The lowest BCUT2D eigenvalue weighted by atomic mass is 9.98. The molecular formula is C14H21F2N. The Balaban J connectivity index is 2.45. The molecule has 1 unspecified atom stereocenters. The fourth-order valence-electron chi connectivity index (χ4n) is 1.88. The number of benzene rings is 1. The molecule has 2 N–H and O–H groups in total. The summed E-state index contributed by atoms with van der Waals surface area (Å²) in [6.07, 6.45) is 3.42. The summed E-state index contributed by atoms with van der Waals surface area (Å²) in [7, 11) is 0. The highest BCUT2D eigenvalue weighted by Crippen LogP contribution is 2.15.